The average Bonchev–Trinajstić information content (AvgIpc) is 3.04. The van der Waals surface area contributed by atoms with Gasteiger partial charge in [0.15, 0.2) is 0 Å². The molecule has 23 heavy (non-hydrogen) atoms. The van der Waals surface area contributed by atoms with Gasteiger partial charge in [0.05, 0.1) is 31.2 Å². The molecule has 0 aliphatic carbocycles. The molecular formula is C18H21N3O2. The third kappa shape index (κ3) is 2.55. The van der Waals surface area contributed by atoms with Crippen LogP contribution in [0.2, 0.25) is 0 Å². The molecule has 5 nitrogen and oxygen atoms in total. The Hall–Kier alpha value is -2.14. The van der Waals surface area contributed by atoms with Crippen LogP contribution in [0, 0.1) is 13.8 Å². The molecule has 0 atom stereocenters. The maximum absolute atomic E-state index is 5.86. The van der Waals surface area contributed by atoms with Crippen LogP contribution >= 0.6 is 0 Å². The van der Waals surface area contributed by atoms with E-state index >= 15 is 0 Å². The van der Waals surface area contributed by atoms with E-state index < -0.39 is 0 Å². The van der Waals surface area contributed by atoms with Crippen LogP contribution in [0.4, 0.5) is 5.95 Å². The van der Waals surface area contributed by atoms with Crippen molar-refractivity contribution in [1.82, 2.24) is 9.97 Å². The van der Waals surface area contributed by atoms with Gasteiger partial charge in [-0.1, -0.05) is 18.2 Å². The Labute approximate surface area is 136 Å². The van der Waals surface area contributed by atoms with Crippen molar-refractivity contribution in [3.05, 3.63) is 35.2 Å². The maximum atomic E-state index is 5.86. The molecule has 2 aliphatic heterocycles. The summed E-state index contributed by atoms with van der Waals surface area (Å²) < 4.78 is 11.3. The van der Waals surface area contributed by atoms with E-state index in [0.717, 1.165) is 73.5 Å². The first-order valence-corrected chi connectivity index (χ1v) is 8.17. The van der Waals surface area contributed by atoms with Crippen molar-refractivity contribution in [3.8, 4) is 16.9 Å². The molecule has 4 rings (SSSR count). The first kappa shape index (κ1) is 14.5. The second kappa shape index (κ2) is 5.81. The standard InChI is InChI=1S/C18H21N3O2/c1-12-16(15-5-3-4-14-6-9-23-17(14)15)13(2)20-18(19-12)21-7-10-22-11-8-21/h3-5H,6-11H2,1-2H3. The number of anilines is 1. The van der Waals surface area contributed by atoms with Gasteiger partial charge in [-0.05, 0) is 19.4 Å². The Morgan fingerprint density at radius 3 is 2.48 bits per heavy atom. The van der Waals surface area contributed by atoms with Crippen LogP contribution in [-0.4, -0.2) is 42.9 Å². The summed E-state index contributed by atoms with van der Waals surface area (Å²) in [4.78, 5) is 11.7. The molecule has 2 aromatic rings. The van der Waals surface area contributed by atoms with Gasteiger partial charge in [0.1, 0.15) is 5.75 Å². The largest absolute Gasteiger partial charge is 0.492 e. The highest BCUT2D eigenvalue weighted by Crippen LogP contribution is 2.39. The van der Waals surface area contributed by atoms with Gasteiger partial charge in [-0.25, -0.2) is 9.97 Å². The number of para-hydroxylation sites is 1. The Kier molecular flexibility index (Phi) is 3.65. The Bertz CT molecular complexity index is 716. The van der Waals surface area contributed by atoms with Gasteiger partial charge >= 0.3 is 0 Å². The quantitative estimate of drug-likeness (QED) is 0.853. The number of ether oxygens (including phenoxy) is 2. The van der Waals surface area contributed by atoms with Crippen molar-refractivity contribution >= 4 is 5.95 Å². The van der Waals surface area contributed by atoms with Crippen molar-refractivity contribution in [1.29, 1.82) is 0 Å². The van der Waals surface area contributed by atoms with E-state index in [4.69, 9.17) is 19.4 Å². The molecule has 1 saturated heterocycles. The number of fused-ring (bicyclic) bond motifs is 1. The van der Waals surface area contributed by atoms with E-state index in [-0.39, 0.29) is 0 Å². The van der Waals surface area contributed by atoms with E-state index in [1.165, 1.54) is 5.56 Å². The predicted molar refractivity (Wildman–Crippen MR) is 89.2 cm³/mol. The number of aryl methyl sites for hydroxylation is 2. The highest BCUT2D eigenvalue weighted by molar-refractivity contribution is 5.76. The van der Waals surface area contributed by atoms with Gasteiger partial charge in [-0.3, -0.25) is 0 Å². The van der Waals surface area contributed by atoms with Crippen LogP contribution in [0.1, 0.15) is 17.0 Å². The van der Waals surface area contributed by atoms with E-state index in [1.807, 2.05) is 0 Å². The fourth-order valence-corrected chi connectivity index (χ4v) is 3.41. The van der Waals surface area contributed by atoms with Gasteiger partial charge in [0.25, 0.3) is 0 Å². The van der Waals surface area contributed by atoms with Gasteiger partial charge in [-0.2, -0.15) is 0 Å². The van der Waals surface area contributed by atoms with Crippen molar-refractivity contribution in [2.75, 3.05) is 37.8 Å². The molecule has 1 aromatic carbocycles. The molecule has 1 fully saturated rings. The molecular weight excluding hydrogens is 290 g/mol. The Balaban J connectivity index is 1.77. The lowest BCUT2D eigenvalue weighted by Gasteiger charge is -2.27. The summed E-state index contributed by atoms with van der Waals surface area (Å²) in [6.45, 7) is 8.05. The first-order chi connectivity index (χ1) is 11.2. The fourth-order valence-electron chi connectivity index (χ4n) is 3.41. The minimum Gasteiger partial charge on any atom is -0.492 e. The molecule has 0 unspecified atom stereocenters. The highest BCUT2D eigenvalue weighted by Gasteiger charge is 2.22. The lowest BCUT2D eigenvalue weighted by molar-refractivity contribution is 0.122. The summed E-state index contributed by atoms with van der Waals surface area (Å²) in [6.07, 6.45) is 0.980. The number of morpholine rings is 1. The lowest BCUT2D eigenvalue weighted by Crippen LogP contribution is -2.37. The summed E-state index contributed by atoms with van der Waals surface area (Å²) in [7, 11) is 0. The minimum absolute atomic E-state index is 0.739. The van der Waals surface area contributed by atoms with E-state index in [1.54, 1.807) is 0 Å². The van der Waals surface area contributed by atoms with E-state index in [9.17, 15) is 0 Å². The molecule has 0 bridgehead atoms. The molecule has 1 aromatic heterocycles. The second-order valence-corrected chi connectivity index (χ2v) is 6.06. The molecule has 0 N–H and O–H groups in total. The molecule has 0 saturated carbocycles. The zero-order valence-corrected chi connectivity index (χ0v) is 13.6. The molecule has 0 radical (unpaired) electrons. The van der Waals surface area contributed by atoms with E-state index in [2.05, 4.69) is 36.9 Å². The summed E-state index contributed by atoms with van der Waals surface area (Å²) in [5.41, 5.74) is 5.49. The van der Waals surface area contributed by atoms with Crippen molar-refractivity contribution in [3.63, 3.8) is 0 Å². The lowest BCUT2D eigenvalue weighted by atomic mass is 9.99. The Morgan fingerprint density at radius 1 is 1.00 bits per heavy atom. The van der Waals surface area contributed by atoms with Gasteiger partial charge in [-0.15, -0.1) is 0 Å². The maximum Gasteiger partial charge on any atom is 0.225 e. The van der Waals surface area contributed by atoms with Gasteiger partial charge in [0, 0.05) is 30.6 Å². The normalized spacial score (nSPS) is 17.0. The van der Waals surface area contributed by atoms with Crippen LogP contribution in [-0.2, 0) is 11.2 Å². The second-order valence-electron chi connectivity index (χ2n) is 6.06. The third-order valence-electron chi connectivity index (χ3n) is 4.54. The molecule has 2 aliphatic rings. The zero-order chi connectivity index (χ0) is 15.8. The van der Waals surface area contributed by atoms with Crippen LogP contribution in [0.5, 0.6) is 5.75 Å². The number of rotatable bonds is 2. The molecule has 120 valence electrons. The summed E-state index contributed by atoms with van der Waals surface area (Å²) in [6, 6.07) is 6.34. The number of hydrogen-bond donors (Lipinski definition) is 0. The zero-order valence-electron chi connectivity index (χ0n) is 13.6. The number of aromatic nitrogens is 2. The number of nitrogens with zero attached hydrogens (tertiary/aromatic N) is 3. The van der Waals surface area contributed by atoms with Gasteiger partial charge < -0.3 is 14.4 Å². The molecule has 0 amide bonds. The average molecular weight is 311 g/mol. The summed E-state index contributed by atoms with van der Waals surface area (Å²) in [5.74, 6) is 1.81. The predicted octanol–water partition coefficient (Wildman–Crippen LogP) is 2.53. The smallest absolute Gasteiger partial charge is 0.225 e. The van der Waals surface area contributed by atoms with Crippen LogP contribution in [0.15, 0.2) is 18.2 Å². The first-order valence-electron chi connectivity index (χ1n) is 8.17. The Morgan fingerprint density at radius 2 is 1.74 bits per heavy atom. The van der Waals surface area contributed by atoms with Crippen molar-refractivity contribution in [2.45, 2.75) is 20.3 Å². The summed E-state index contributed by atoms with van der Waals surface area (Å²) >= 11 is 0. The van der Waals surface area contributed by atoms with Crippen molar-refractivity contribution in [2.24, 2.45) is 0 Å². The fraction of sp³-hybridized carbons (Fsp3) is 0.444. The molecule has 3 heterocycles. The van der Waals surface area contributed by atoms with Gasteiger partial charge in [0.2, 0.25) is 5.95 Å². The number of hydrogen-bond acceptors (Lipinski definition) is 5. The van der Waals surface area contributed by atoms with Crippen LogP contribution < -0.4 is 9.64 Å². The van der Waals surface area contributed by atoms with Crippen LogP contribution in [0.3, 0.4) is 0 Å². The topological polar surface area (TPSA) is 47.5 Å². The van der Waals surface area contributed by atoms with Crippen molar-refractivity contribution < 1.29 is 9.47 Å². The SMILES string of the molecule is Cc1nc(N2CCOCC2)nc(C)c1-c1cccc2c1OCC2. The monoisotopic (exact) mass is 311 g/mol. The minimum atomic E-state index is 0.739. The highest BCUT2D eigenvalue weighted by atomic mass is 16.5. The molecule has 0 spiro atoms. The third-order valence-corrected chi connectivity index (χ3v) is 4.54. The molecule has 5 heteroatoms. The number of benzene rings is 1. The van der Waals surface area contributed by atoms with E-state index in [0.29, 0.717) is 0 Å². The van der Waals surface area contributed by atoms with Crippen LogP contribution in [0.25, 0.3) is 11.1 Å². The summed E-state index contributed by atoms with van der Waals surface area (Å²) in [5, 5.41) is 0.